The summed E-state index contributed by atoms with van der Waals surface area (Å²) in [5.41, 5.74) is -0.445. The van der Waals surface area contributed by atoms with Crippen LogP contribution in [0.4, 0.5) is 0 Å². The molecule has 0 bridgehead atoms. The predicted octanol–water partition coefficient (Wildman–Crippen LogP) is 1.20. The van der Waals surface area contributed by atoms with Crippen LogP contribution in [0.5, 0.6) is 0 Å². The minimum Gasteiger partial charge on any atom is -0.394 e. The van der Waals surface area contributed by atoms with E-state index in [0.717, 1.165) is 38.5 Å². The Balaban J connectivity index is 1.12. The maximum absolute atomic E-state index is 11.4. The van der Waals surface area contributed by atoms with Crippen LogP contribution in [0.25, 0.3) is 0 Å². The van der Waals surface area contributed by atoms with Crippen molar-refractivity contribution < 1.29 is 95.0 Å². The molecule has 0 aromatic carbocycles. The third-order valence-corrected chi connectivity index (χ3v) is 17.8. The van der Waals surface area contributed by atoms with Crippen LogP contribution in [0.15, 0.2) is 11.6 Å². The first-order valence-corrected chi connectivity index (χ1v) is 23.6. The first-order chi connectivity index (χ1) is 30.4. The second kappa shape index (κ2) is 20.4. The molecule has 19 heteroatoms. The summed E-state index contributed by atoms with van der Waals surface area (Å²) in [6.45, 7) is 15.2. The van der Waals surface area contributed by atoms with Gasteiger partial charge in [-0.2, -0.15) is 0 Å². The summed E-state index contributed by atoms with van der Waals surface area (Å²) in [6, 6.07) is 0. The van der Waals surface area contributed by atoms with E-state index in [1.807, 2.05) is 0 Å². The van der Waals surface area contributed by atoms with Gasteiger partial charge in [-0.1, -0.05) is 53.2 Å². The Morgan fingerprint density at radius 1 is 0.785 bits per heavy atom. The van der Waals surface area contributed by atoms with Gasteiger partial charge in [-0.3, -0.25) is 10.5 Å². The Hall–Kier alpha value is -1.02. The highest BCUT2D eigenvalue weighted by Gasteiger charge is 2.67. The first kappa shape index (κ1) is 53.3. The van der Waals surface area contributed by atoms with Crippen molar-refractivity contribution in [2.75, 3.05) is 19.8 Å². The van der Waals surface area contributed by atoms with Crippen LogP contribution < -0.4 is 0 Å². The van der Waals surface area contributed by atoms with Crippen molar-refractivity contribution in [3.05, 3.63) is 11.6 Å². The molecule has 2 saturated heterocycles. The minimum absolute atomic E-state index is 0.0126. The van der Waals surface area contributed by atoms with E-state index < -0.39 is 117 Å². The lowest BCUT2D eigenvalue weighted by Gasteiger charge is -2.66. The third-order valence-electron chi connectivity index (χ3n) is 17.8. The van der Waals surface area contributed by atoms with Crippen LogP contribution in [-0.2, 0) is 33.5 Å². The standard InChI is InChI=1S/C46H80O19/c1-22(9-13-31(43(4,5)56)63-41-38(65-58)34(52)33(51)28(61-41)21-59-39(55)32(50)26(49)19-47)23-15-16-46(8)29-12-10-24-25(44(29,6)17-18-45(23,46)7)11-14-30(42(24,2)3)62-40-36(54)35(53)37(64-57)27(20-48)60-40/h10,22-23,25-41,47-58H,9,11-21H2,1-8H3. The lowest BCUT2D eigenvalue weighted by atomic mass is 9.39. The van der Waals surface area contributed by atoms with Crippen LogP contribution in [0.1, 0.15) is 113 Å². The van der Waals surface area contributed by atoms with Gasteiger partial charge in [0.1, 0.15) is 54.9 Å². The molecule has 3 saturated carbocycles. The molecule has 2 heterocycles. The summed E-state index contributed by atoms with van der Waals surface area (Å²) in [6.07, 6.45) is -11.1. The quantitative estimate of drug-likeness (QED) is 0.0398. The van der Waals surface area contributed by atoms with Gasteiger partial charge in [-0.25, -0.2) is 9.78 Å². The second-order valence-corrected chi connectivity index (χ2v) is 22.1. The van der Waals surface area contributed by atoms with Gasteiger partial charge in [-0.15, -0.1) is 0 Å². The molecule has 0 aromatic rings. The number of aliphatic hydroxyl groups is 10. The van der Waals surface area contributed by atoms with E-state index in [1.165, 1.54) is 5.57 Å². The molecule has 378 valence electrons. The van der Waals surface area contributed by atoms with Crippen molar-refractivity contribution in [3.63, 3.8) is 0 Å². The fourth-order valence-electron chi connectivity index (χ4n) is 13.5. The summed E-state index contributed by atoms with van der Waals surface area (Å²) in [5, 5.41) is 122. The lowest BCUT2D eigenvalue weighted by molar-refractivity contribution is -0.399. The number of hydrogen-bond donors (Lipinski definition) is 12. The number of aliphatic hydroxyl groups excluding tert-OH is 9. The first-order valence-electron chi connectivity index (χ1n) is 23.6. The Morgan fingerprint density at radius 3 is 2.05 bits per heavy atom. The van der Waals surface area contributed by atoms with Gasteiger partial charge in [0.25, 0.3) is 0 Å². The fourth-order valence-corrected chi connectivity index (χ4v) is 13.5. The molecule has 5 fully saturated rings. The number of rotatable bonds is 18. The molecule has 4 aliphatic carbocycles. The Labute approximate surface area is 382 Å². The fraction of sp³-hybridized carbons (Fsp3) is 0.957. The van der Waals surface area contributed by atoms with Gasteiger partial charge >= 0.3 is 0 Å². The number of allylic oxidation sites excluding steroid dienone is 1. The average Bonchev–Trinajstić information content (AvgIpc) is 3.54. The van der Waals surface area contributed by atoms with Crippen LogP contribution in [0.2, 0.25) is 0 Å². The van der Waals surface area contributed by atoms with Gasteiger partial charge in [0.05, 0.1) is 37.6 Å². The topological polar surface area (TPSA) is 307 Å². The summed E-state index contributed by atoms with van der Waals surface area (Å²) in [4.78, 5) is 8.84. The van der Waals surface area contributed by atoms with Gasteiger partial charge < -0.3 is 74.7 Å². The minimum atomic E-state index is -1.98. The van der Waals surface area contributed by atoms with E-state index in [1.54, 1.807) is 13.8 Å². The molecule has 0 radical (unpaired) electrons. The largest absolute Gasteiger partial charge is 0.394 e. The Bertz CT molecular complexity index is 1590. The van der Waals surface area contributed by atoms with E-state index in [4.69, 9.17) is 28.8 Å². The van der Waals surface area contributed by atoms with Crippen LogP contribution in [0.3, 0.4) is 0 Å². The van der Waals surface area contributed by atoms with Gasteiger partial charge in [0.2, 0.25) is 0 Å². The monoisotopic (exact) mass is 937 g/mol. The smallest absolute Gasteiger partial charge is 0.190 e. The van der Waals surface area contributed by atoms with Gasteiger partial charge in [-0.05, 0) is 112 Å². The highest BCUT2D eigenvalue weighted by atomic mass is 17.1. The van der Waals surface area contributed by atoms with Crippen molar-refractivity contribution in [2.24, 2.45) is 45.3 Å². The van der Waals surface area contributed by atoms with Crippen molar-refractivity contribution >= 4 is 0 Å². The molecule has 65 heavy (non-hydrogen) atoms. The van der Waals surface area contributed by atoms with Crippen molar-refractivity contribution in [1.29, 1.82) is 0 Å². The molecular weight excluding hydrogens is 856 g/mol. The SMILES string of the molecule is CC(CCC(OC1OC(COC(O)C(O)C(O)CO)C(O)C(O)C1OO)C(C)(C)O)C1CCC2(C)C3CC=C4C(CCC(OC5OC(CO)C(OO)C(O)C5O)C4(C)C)C3(C)CCC12C. The number of hydrogen-bond acceptors (Lipinski definition) is 19. The van der Waals surface area contributed by atoms with Gasteiger partial charge in [0, 0.05) is 5.41 Å². The highest BCUT2D eigenvalue weighted by Crippen LogP contribution is 2.75. The molecular formula is C46H80O19. The number of ether oxygens (including phenoxy) is 5. The molecule has 0 aromatic heterocycles. The molecule has 6 rings (SSSR count). The van der Waals surface area contributed by atoms with E-state index in [-0.39, 0.29) is 28.3 Å². The molecule has 0 amide bonds. The zero-order valence-electron chi connectivity index (χ0n) is 39.3. The van der Waals surface area contributed by atoms with Crippen molar-refractivity contribution in [1.82, 2.24) is 0 Å². The van der Waals surface area contributed by atoms with Crippen LogP contribution >= 0.6 is 0 Å². The zero-order valence-corrected chi connectivity index (χ0v) is 39.3. The molecule has 2 aliphatic heterocycles. The summed E-state index contributed by atoms with van der Waals surface area (Å²) < 4.78 is 29.6. The Kier molecular flexibility index (Phi) is 16.7. The zero-order chi connectivity index (χ0) is 48.2. The lowest BCUT2D eigenvalue weighted by Crippen LogP contribution is -2.62. The van der Waals surface area contributed by atoms with Crippen molar-refractivity contribution in [2.45, 2.75) is 211 Å². The normalized spacial score (nSPS) is 45.4. The van der Waals surface area contributed by atoms with E-state index in [2.05, 4.69) is 57.4 Å². The molecule has 22 atom stereocenters. The molecule has 6 aliphatic rings. The van der Waals surface area contributed by atoms with Crippen LogP contribution in [0, 0.1) is 45.3 Å². The molecule has 19 nitrogen and oxygen atoms in total. The Morgan fingerprint density at radius 2 is 1.43 bits per heavy atom. The van der Waals surface area contributed by atoms with E-state index >= 15 is 0 Å². The molecule has 0 spiro atoms. The molecule has 22 unspecified atom stereocenters. The summed E-state index contributed by atoms with van der Waals surface area (Å²) >= 11 is 0. The average molecular weight is 937 g/mol. The van der Waals surface area contributed by atoms with Gasteiger partial charge in [0.15, 0.2) is 25.0 Å². The molecule has 12 N–H and O–H groups in total. The maximum Gasteiger partial charge on any atom is 0.190 e. The van der Waals surface area contributed by atoms with Crippen LogP contribution in [-0.4, -0.2) is 179 Å². The third kappa shape index (κ3) is 9.75. The summed E-state index contributed by atoms with van der Waals surface area (Å²) in [5.74, 6) is 1.32. The van der Waals surface area contributed by atoms with E-state index in [0.29, 0.717) is 37.0 Å². The van der Waals surface area contributed by atoms with Crippen molar-refractivity contribution in [3.8, 4) is 0 Å². The maximum atomic E-state index is 11.4. The predicted molar refractivity (Wildman–Crippen MR) is 228 cm³/mol. The highest BCUT2D eigenvalue weighted by molar-refractivity contribution is 5.30. The summed E-state index contributed by atoms with van der Waals surface area (Å²) in [7, 11) is 0. The van der Waals surface area contributed by atoms with E-state index in [9.17, 15) is 56.5 Å². The number of fused-ring (bicyclic) bond motifs is 5. The second-order valence-electron chi connectivity index (χ2n) is 22.1.